The number of hydrogen-bond donors (Lipinski definition) is 1. The Bertz CT molecular complexity index is 349. The van der Waals surface area contributed by atoms with Gasteiger partial charge in [-0.1, -0.05) is 19.3 Å². The lowest BCUT2D eigenvalue weighted by Crippen LogP contribution is -2.43. The van der Waals surface area contributed by atoms with Gasteiger partial charge in [0, 0.05) is 18.0 Å². The molecule has 0 bridgehead atoms. The van der Waals surface area contributed by atoms with E-state index in [0.29, 0.717) is 5.41 Å². The van der Waals surface area contributed by atoms with Crippen LogP contribution in [-0.2, 0) is 6.42 Å². The molecular formula is C15H24N2S. The van der Waals surface area contributed by atoms with Gasteiger partial charge in [0.15, 0.2) is 0 Å². The number of thiazole rings is 1. The van der Waals surface area contributed by atoms with Crippen LogP contribution in [0.3, 0.4) is 0 Å². The fourth-order valence-electron chi connectivity index (χ4n) is 4.01. The topological polar surface area (TPSA) is 24.9 Å². The molecule has 1 aromatic rings. The molecule has 0 spiro atoms. The van der Waals surface area contributed by atoms with Crippen molar-refractivity contribution in [1.82, 2.24) is 10.3 Å². The summed E-state index contributed by atoms with van der Waals surface area (Å²) in [4.78, 5) is 4.55. The normalized spacial score (nSPS) is 25.1. The van der Waals surface area contributed by atoms with E-state index < -0.39 is 0 Å². The third-order valence-electron chi connectivity index (χ3n) is 5.06. The van der Waals surface area contributed by atoms with Gasteiger partial charge >= 0.3 is 0 Å². The molecule has 0 unspecified atom stereocenters. The monoisotopic (exact) mass is 264 g/mol. The number of nitrogens with one attached hydrogen (secondary N) is 1. The summed E-state index contributed by atoms with van der Waals surface area (Å²) in [6.07, 6.45) is 13.2. The highest BCUT2D eigenvalue weighted by atomic mass is 32.1. The van der Waals surface area contributed by atoms with Crippen LogP contribution in [0.5, 0.6) is 0 Å². The van der Waals surface area contributed by atoms with Crippen molar-refractivity contribution >= 4 is 11.3 Å². The van der Waals surface area contributed by atoms with Gasteiger partial charge in [-0.2, -0.15) is 0 Å². The minimum absolute atomic E-state index is 0.559. The van der Waals surface area contributed by atoms with Crippen LogP contribution in [0, 0.1) is 11.3 Å². The lowest BCUT2D eigenvalue weighted by atomic mass is 9.62. The molecule has 2 fully saturated rings. The van der Waals surface area contributed by atoms with Gasteiger partial charge in [-0.25, -0.2) is 4.98 Å². The lowest BCUT2D eigenvalue weighted by molar-refractivity contribution is 0.0748. The minimum atomic E-state index is 0.559. The average molecular weight is 264 g/mol. The van der Waals surface area contributed by atoms with E-state index in [4.69, 9.17) is 0 Å². The first-order valence-corrected chi connectivity index (χ1v) is 8.36. The van der Waals surface area contributed by atoms with E-state index in [0.717, 1.165) is 5.92 Å². The summed E-state index contributed by atoms with van der Waals surface area (Å²) in [6, 6.07) is 0. The van der Waals surface area contributed by atoms with Crippen LogP contribution in [0.2, 0.25) is 0 Å². The van der Waals surface area contributed by atoms with Gasteiger partial charge in [0.25, 0.3) is 0 Å². The first-order chi connectivity index (χ1) is 8.89. The predicted octanol–water partition coefficient (Wildman–Crippen LogP) is 3.64. The number of rotatable bonds is 3. The second kappa shape index (κ2) is 5.70. The molecule has 1 N–H and O–H groups in total. The first kappa shape index (κ1) is 12.6. The maximum atomic E-state index is 4.55. The Kier molecular flexibility index (Phi) is 4.00. The predicted molar refractivity (Wildman–Crippen MR) is 76.9 cm³/mol. The molecule has 3 rings (SSSR count). The van der Waals surface area contributed by atoms with Gasteiger partial charge in [0.2, 0.25) is 0 Å². The summed E-state index contributed by atoms with van der Waals surface area (Å²) < 4.78 is 0. The molecule has 0 atom stereocenters. The maximum Gasteiger partial charge on any atom is 0.0930 e. The average Bonchev–Trinajstić information content (AvgIpc) is 2.94. The first-order valence-electron chi connectivity index (χ1n) is 7.48. The largest absolute Gasteiger partial charge is 0.317 e. The standard InChI is InChI=1S/C15H24N2S/c1-2-4-13(5-3-1)15(6-8-16-9-7-15)12-14-17-10-11-18-14/h10-11,13,16H,1-9,12H2. The van der Waals surface area contributed by atoms with Crippen molar-refractivity contribution in [2.45, 2.75) is 51.4 Å². The Morgan fingerprint density at radius 1 is 1.22 bits per heavy atom. The van der Waals surface area contributed by atoms with Crippen LogP contribution < -0.4 is 5.32 Å². The highest BCUT2D eigenvalue weighted by Crippen LogP contribution is 2.47. The molecule has 1 saturated carbocycles. The molecule has 1 aromatic heterocycles. The van der Waals surface area contributed by atoms with Crippen LogP contribution in [0.1, 0.15) is 50.0 Å². The van der Waals surface area contributed by atoms with E-state index in [9.17, 15) is 0 Å². The molecule has 1 aliphatic heterocycles. The minimum Gasteiger partial charge on any atom is -0.317 e. The summed E-state index contributed by atoms with van der Waals surface area (Å²) in [6.45, 7) is 2.42. The summed E-state index contributed by atoms with van der Waals surface area (Å²) in [5.41, 5.74) is 0.559. The van der Waals surface area contributed by atoms with Gasteiger partial charge in [-0.05, 0) is 50.1 Å². The van der Waals surface area contributed by atoms with Crippen molar-refractivity contribution in [3.63, 3.8) is 0 Å². The zero-order valence-electron chi connectivity index (χ0n) is 11.2. The zero-order chi connectivity index (χ0) is 12.3. The second-order valence-corrected chi connectivity index (χ2v) is 7.03. The highest BCUT2D eigenvalue weighted by Gasteiger charge is 2.40. The highest BCUT2D eigenvalue weighted by molar-refractivity contribution is 7.09. The molecule has 0 aromatic carbocycles. The van der Waals surface area contributed by atoms with E-state index in [1.54, 1.807) is 0 Å². The Morgan fingerprint density at radius 3 is 2.67 bits per heavy atom. The van der Waals surface area contributed by atoms with Crippen LogP contribution in [-0.4, -0.2) is 18.1 Å². The SMILES string of the molecule is c1csc(CC2(C3CCCCC3)CCNCC2)n1. The number of piperidine rings is 1. The molecule has 2 nitrogen and oxygen atoms in total. The molecule has 1 saturated heterocycles. The summed E-state index contributed by atoms with van der Waals surface area (Å²) in [7, 11) is 0. The Morgan fingerprint density at radius 2 is 2.00 bits per heavy atom. The zero-order valence-corrected chi connectivity index (χ0v) is 12.0. The van der Waals surface area contributed by atoms with Crippen LogP contribution >= 0.6 is 11.3 Å². The van der Waals surface area contributed by atoms with Gasteiger partial charge < -0.3 is 5.32 Å². The Hall–Kier alpha value is -0.410. The van der Waals surface area contributed by atoms with Crippen molar-refractivity contribution < 1.29 is 0 Å². The molecule has 18 heavy (non-hydrogen) atoms. The second-order valence-electron chi connectivity index (χ2n) is 6.05. The number of nitrogens with zero attached hydrogens (tertiary/aromatic N) is 1. The van der Waals surface area contributed by atoms with Crippen LogP contribution in [0.25, 0.3) is 0 Å². The van der Waals surface area contributed by atoms with Gasteiger partial charge in [-0.15, -0.1) is 11.3 Å². The van der Waals surface area contributed by atoms with Gasteiger partial charge in [-0.3, -0.25) is 0 Å². The van der Waals surface area contributed by atoms with Crippen molar-refractivity contribution in [3.8, 4) is 0 Å². The molecule has 100 valence electrons. The summed E-state index contributed by atoms with van der Waals surface area (Å²) in [5, 5.41) is 7.03. The van der Waals surface area contributed by atoms with E-state index in [1.807, 2.05) is 17.5 Å². The molecule has 1 aliphatic carbocycles. The molecule has 2 heterocycles. The maximum absolute atomic E-state index is 4.55. The van der Waals surface area contributed by atoms with Gasteiger partial charge in [0.05, 0.1) is 5.01 Å². The smallest absolute Gasteiger partial charge is 0.0930 e. The third kappa shape index (κ3) is 2.62. The van der Waals surface area contributed by atoms with E-state index in [-0.39, 0.29) is 0 Å². The number of aromatic nitrogens is 1. The quantitative estimate of drug-likeness (QED) is 0.901. The van der Waals surface area contributed by atoms with Gasteiger partial charge in [0.1, 0.15) is 0 Å². The van der Waals surface area contributed by atoms with Crippen molar-refractivity contribution in [2.75, 3.05) is 13.1 Å². The van der Waals surface area contributed by atoms with Crippen molar-refractivity contribution in [1.29, 1.82) is 0 Å². The van der Waals surface area contributed by atoms with Crippen molar-refractivity contribution in [2.24, 2.45) is 11.3 Å². The molecule has 3 heteroatoms. The third-order valence-corrected chi connectivity index (χ3v) is 5.84. The molecular weight excluding hydrogens is 240 g/mol. The van der Waals surface area contributed by atoms with Crippen LogP contribution in [0.4, 0.5) is 0 Å². The van der Waals surface area contributed by atoms with Crippen LogP contribution in [0.15, 0.2) is 11.6 Å². The van der Waals surface area contributed by atoms with E-state index in [2.05, 4.69) is 15.7 Å². The summed E-state index contributed by atoms with van der Waals surface area (Å²) in [5.74, 6) is 0.956. The molecule has 0 amide bonds. The molecule has 0 radical (unpaired) electrons. The van der Waals surface area contributed by atoms with E-state index >= 15 is 0 Å². The fraction of sp³-hybridized carbons (Fsp3) is 0.800. The number of hydrogen-bond acceptors (Lipinski definition) is 3. The van der Waals surface area contributed by atoms with Crippen molar-refractivity contribution in [3.05, 3.63) is 16.6 Å². The Balaban J connectivity index is 1.78. The summed E-state index contributed by atoms with van der Waals surface area (Å²) >= 11 is 1.85. The Labute approximate surface area is 114 Å². The lowest BCUT2D eigenvalue weighted by Gasteiger charge is -2.45. The molecule has 2 aliphatic rings. The fourth-order valence-corrected chi connectivity index (χ4v) is 4.78. The van der Waals surface area contributed by atoms with E-state index in [1.165, 1.54) is 69.5 Å².